The van der Waals surface area contributed by atoms with Crippen molar-refractivity contribution < 1.29 is 14.3 Å². The molecule has 0 aliphatic heterocycles. The fourth-order valence-electron chi connectivity index (χ4n) is 1.36. The van der Waals surface area contributed by atoms with Gasteiger partial charge in [-0.25, -0.2) is 0 Å². The highest BCUT2D eigenvalue weighted by Gasteiger charge is 2.19. The molecule has 6 heteroatoms. The Balaban J connectivity index is 2.65. The average Bonchev–Trinajstić information content (AvgIpc) is 2.31. The maximum atomic E-state index is 11.3. The van der Waals surface area contributed by atoms with E-state index < -0.39 is 17.9 Å². The van der Waals surface area contributed by atoms with Crippen LogP contribution in [0.25, 0.3) is 0 Å². The predicted octanol–water partition coefficient (Wildman–Crippen LogP) is 1.56. The first kappa shape index (κ1) is 14.3. The van der Waals surface area contributed by atoms with Crippen molar-refractivity contribution in [1.82, 2.24) is 0 Å². The van der Waals surface area contributed by atoms with Gasteiger partial charge in [0.2, 0.25) is 5.91 Å². The molecule has 1 amide bonds. The third-order valence-corrected chi connectivity index (χ3v) is 2.46. The quantitative estimate of drug-likeness (QED) is 0.769. The summed E-state index contributed by atoms with van der Waals surface area (Å²) < 4.78 is 4.77. The third-order valence-electron chi connectivity index (χ3n) is 2.20. The second-order valence-corrected chi connectivity index (χ2v) is 4.05. The van der Waals surface area contributed by atoms with Gasteiger partial charge in [-0.1, -0.05) is 11.6 Å². The molecule has 0 heterocycles. The first-order valence-corrected chi connectivity index (χ1v) is 5.87. The summed E-state index contributed by atoms with van der Waals surface area (Å²) in [6.45, 7) is 1.97. The van der Waals surface area contributed by atoms with Crippen LogP contribution in [0.5, 0.6) is 0 Å². The van der Waals surface area contributed by atoms with Gasteiger partial charge >= 0.3 is 5.97 Å². The lowest BCUT2D eigenvalue weighted by Crippen LogP contribution is -2.37. The normalized spacial score (nSPS) is 11.7. The molecule has 5 nitrogen and oxygen atoms in total. The lowest BCUT2D eigenvalue weighted by Gasteiger charge is -2.15. The molecule has 3 N–H and O–H groups in total. The molecule has 0 aliphatic carbocycles. The number of carbonyl (C=O) groups is 2. The van der Waals surface area contributed by atoms with E-state index in [-0.39, 0.29) is 13.0 Å². The van der Waals surface area contributed by atoms with Gasteiger partial charge in [0.25, 0.3) is 0 Å². The smallest absolute Gasteiger partial charge is 0.308 e. The summed E-state index contributed by atoms with van der Waals surface area (Å²) in [5.74, 6) is -1.08. The van der Waals surface area contributed by atoms with E-state index in [2.05, 4.69) is 5.32 Å². The van der Waals surface area contributed by atoms with Gasteiger partial charge in [-0.3, -0.25) is 9.59 Å². The van der Waals surface area contributed by atoms with Gasteiger partial charge in [0.05, 0.1) is 13.0 Å². The van der Waals surface area contributed by atoms with Crippen molar-refractivity contribution in [3.05, 3.63) is 29.3 Å². The Morgan fingerprint density at radius 2 is 2.00 bits per heavy atom. The molecule has 0 saturated heterocycles. The van der Waals surface area contributed by atoms with Crippen LogP contribution < -0.4 is 11.1 Å². The largest absolute Gasteiger partial charge is 0.466 e. The number of anilines is 1. The Morgan fingerprint density at radius 3 is 2.50 bits per heavy atom. The van der Waals surface area contributed by atoms with Crippen LogP contribution in [-0.2, 0) is 14.3 Å². The minimum atomic E-state index is -0.801. The molecule has 0 spiro atoms. The predicted molar refractivity (Wildman–Crippen MR) is 69.3 cm³/mol. The summed E-state index contributed by atoms with van der Waals surface area (Å²) in [6.07, 6.45) is -0.105. The van der Waals surface area contributed by atoms with Crippen LogP contribution in [0.4, 0.5) is 5.69 Å². The molecule has 1 atom stereocenters. The molecule has 1 unspecified atom stereocenters. The Bertz CT molecular complexity index is 420. The van der Waals surface area contributed by atoms with Gasteiger partial charge in [-0.15, -0.1) is 0 Å². The minimum absolute atomic E-state index is 0.105. The Morgan fingerprint density at radius 1 is 1.39 bits per heavy atom. The number of ether oxygens (including phenoxy) is 1. The van der Waals surface area contributed by atoms with Crippen LogP contribution >= 0.6 is 11.6 Å². The number of nitrogens with one attached hydrogen (secondary N) is 1. The van der Waals surface area contributed by atoms with Crippen LogP contribution in [0.15, 0.2) is 24.3 Å². The zero-order valence-corrected chi connectivity index (χ0v) is 10.7. The molecule has 0 saturated carbocycles. The van der Waals surface area contributed by atoms with E-state index in [0.29, 0.717) is 10.7 Å². The van der Waals surface area contributed by atoms with Gasteiger partial charge in [-0.05, 0) is 31.2 Å². The van der Waals surface area contributed by atoms with Crippen molar-refractivity contribution in [2.45, 2.75) is 19.4 Å². The number of nitrogens with two attached hydrogens (primary N) is 1. The number of esters is 1. The molecule has 1 aromatic carbocycles. The van der Waals surface area contributed by atoms with E-state index in [1.54, 1.807) is 31.2 Å². The molecule has 0 radical (unpaired) electrons. The molecule has 0 aromatic heterocycles. The second kappa shape index (κ2) is 6.86. The summed E-state index contributed by atoms with van der Waals surface area (Å²) >= 11 is 5.74. The van der Waals surface area contributed by atoms with Gasteiger partial charge < -0.3 is 15.8 Å². The highest BCUT2D eigenvalue weighted by atomic mass is 35.5. The number of amides is 1. The molecular formula is C12H15ClN2O3. The summed E-state index contributed by atoms with van der Waals surface area (Å²) in [5, 5.41) is 3.45. The highest BCUT2D eigenvalue weighted by molar-refractivity contribution is 6.30. The second-order valence-electron chi connectivity index (χ2n) is 3.62. The van der Waals surface area contributed by atoms with E-state index in [9.17, 15) is 9.59 Å². The Hall–Kier alpha value is -1.75. The van der Waals surface area contributed by atoms with Crippen LogP contribution in [-0.4, -0.2) is 24.5 Å². The SMILES string of the molecule is CCOC(=O)CC(Nc1ccc(Cl)cc1)C(N)=O. The van der Waals surface area contributed by atoms with Crippen LogP contribution in [0.1, 0.15) is 13.3 Å². The van der Waals surface area contributed by atoms with Gasteiger partial charge in [-0.2, -0.15) is 0 Å². The van der Waals surface area contributed by atoms with Crippen LogP contribution in [0.2, 0.25) is 5.02 Å². The number of halogens is 1. The summed E-state index contributed by atoms with van der Waals surface area (Å²) in [4.78, 5) is 22.5. The Labute approximate surface area is 110 Å². The lowest BCUT2D eigenvalue weighted by molar-refractivity contribution is -0.144. The zero-order chi connectivity index (χ0) is 13.5. The third kappa shape index (κ3) is 4.63. The fraction of sp³-hybridized carbons (Fsp3) is 0.333. The minimum Gasteiger partial charge on any atom is -0.466 e. The maximum Gasteiger partial charge on any atom is 0.308 e. The van der Waals surface area contributed by atoms with E-state index in [0.717, 1.165) is 0 Å². The van der Waals surface area contributed by atoms with E-state index in [1.807, 2.05) is 0 Å². The molecule has 0 aliphatic rings. The van der Waals surface area contributed by atoms with Gasteiger partial charge in [0.15, 0.2) is 0 Å². The molecule has 18 heavy (non-hydrogen) atoms. The monoisotopic (exact) mass is 270 g/mol. The molecular weight excluding hydrogens is 256 g/mol. The standard InChI is InChI=1S/C12H15ClN2O3/c1-2-18-11(16)7-10(12(14)17)15-9-5-3-8(13)4-6-9/h3-6,10,15H,2,7H2,1H3,(H2,14,17). The molecule has 0 bridgehead atoms. The van der Waals surface area contributed by atoms with Crippen molar-refractivity contribution >= 4 is 29.2 Å². The number of hydrogen-bond acceptors (Lipinski definition) is 4. The van der Waals surface area contributed by atoms with Crippen molar-refractivity contribution in [2.75, 3.05) is 11.9 Å². The molecule has 1 aromatic rings. The lowest BCUT2D eigenvalue weighted by atomic mass is 10.2. The molecule has 1 rings (SSSR count). The number of hydrogen-bond donors (Lipinski definition) is 2. The van der Waals surface area contributed by atoms with Gasteiger partial charge in [0.1, 0.15) is 6.04 Å². The van der Waals surface area contributed by atoms with Gasteiger partial charge in [0, 0.05) is 10.7 Å². The number of primary amides is 1. The first-order valence-electron chi connectivity index (χ1n) is 5.50. The summed E-state index contributed by atoms with van der Waals surface area (Å²) in [5.41, 5.74) is 5.88. The van der Waals surface area contributed by atoms with Crippen molar-refractivity contribution in [3.63, 3.8) is 0 Å². The van der Waals surface area contributed by atoms with E-state index in [4.69, 9.17) is 22.1 Å². The summed E-state index contributed by atoms with van der Waals surface area (Å²) in [6, 6.07) is 5.94. The fourth-order valence-corrected chi connectivity index (χ4v) is 1.48. The molecule has 98 valence electrons. The summed E-state index contributed by atoms with van der Waals surface area (Å²) in [7, 11) is 0. The van der Waals surface area contributed by atoms with E-state index >= 15 is 0 Å². The van der Waals surface area contributed by atoms with Crippen LogP contribution in [0, 0.1) is 0 Å². The highest BCUT2D eigenvalue weighted by Crippen LogP contribution is 2.15. The number of benzene rings is 1. The van der Waals surface area contributed by atoms with E-state index in [1.165, 1.54) is 0 Å². The first-order chi connectivity index (χ1) is 8.52. The van der Waals surface area contributed by atoms with Crippen molar-refractivity contribution in [1.29, 1.82) is 0 Å². The number of rotatable bonds is 6. The molecule has 0 fully saturated rings. The van der Waals surface area contributed by atoms with Crippen molar-refractivity contribution in [3.8, 4) is 0 Å². The topological polar surface area (TPSA) is 81.4 Å². The zero-order valence-electron chi connectivity index (χ0n) is 9.98. The Kier molecular flexibility index (Phi) is 5.45. The number of carbonyl (C=O) groups excluding carboxylic acids is 2. The van der Waals surface area contributed by atoms with Crippen molar-refractivity contribution in [2.24, 2.45) is 5.73 Å². The average molecular weight is 271 g/mol. The van der Waals surface area contributed by atoms with Crippen LogP contribution in [0.3, 0.4) is 0 Å². The maximum absolute atomic E-state index is 11.3.